The van der Waals surface area contributed by atoms with Crippen LogP contribution in [-0.4, -0.2) is 46.8 Å². The predicted octanol–water partition coefficient (Wildman–Crippen LogP) is 3.88. The number of carbonyl (C=O) groups is 2. The van der Waals surface area contributed by atoms with E-state index in [1.165, 1.54) is 11.0 Å². The molecule has 0 bridgehead atoms. The average molecular weight is 403 g/mol. The summed E-state index contributed by atoms with van der Waals surface area (Å²) >= 11 is 0. The highest BCUT2D eigenvalue weighted by atomic mass is 16.5. The number of likely N-dealkylation sites (N-methyl/N-ethyl adjacent to an activating group) is 1. The first-order chi connectivity index (χ1) is 14.3. The van der Waals surface area contributed by atoms with E-state index in [-0.39, 0.29) is 5.91 Å². The number of nitrogens with zero attached hydrogens (tertiary/aromatic N) is 3. The molecule has 0 aliphatic carbocycles. The van der Waals surface area contributed by atoms with Gasteiger partial charge < -0.3 is 9.64 Å². The zero-order valence-electron chi connectivity index (χ0n) is 17.6. The molecule has 2 aromatic carbocycles. The normalized spacial score (nSPS) is 12.0. The molecule has 3 aromatic rings. The first-order valence-electron chi connectivity index (χ1n) is 9.67. The number of rotatable bonds is 6. The summed E-state index contributed by atoms with van der Waals surface area (Å²) in [7, 11) is 3.24. The van der Waals surface area contributed by atoms with Crippen molar-refractivity contribution in [2.75, 3.05) is 14.1 Å². The van der Waals surface area contributed by atoms with E-state index in [1.807, 2.05) is 67.7 Å². The van der Waals surface area contributed by atoms with Crippen LogP contribution in [0.2, 0.25) is 0 Å². The van der Waals surface area contributed by atoms with Gasteiger partial charge in [-0.15, -0.1) is 0 Å². The summed E-state index contributed by atoms with van der Waals surface area (Å²) in [5.41, 5.74) is 4.53. The van der Waals surface area contributed by atoms with Gasteiger partial charge in [-0.25, -0.2) is 9.48 Å². The molecule has 3 rings (SSSR count). The van der Waals surface area contributed by atoms with E-state index in [9.17, 15) is 9.59 Å². The van der Waals surface area contributed by atoms with Crippen LogP contribution >= 0.6 is 0 Å². The molecular weight excluding hydrogens is 378 g/mol. The van der Waals surface area contributed by atoms with E-state index >= 15 is 0 Å². The van der Waals surface area contributed by atoms with E-state index in [2.05, 4.69) is 0 Å². The molecule has 1 amide bonds. The number of amides is 1. The van der Waals surface area contributed by atoms with Crippen molar-refractivity contribution in [3.05, 3.63) is 78.0 Å². The fourth-order valence-corrected chi connectivity index (χ4v) is 2.94. The molecule has 6 nitrogen and oxygen atoms in total. The Labute approximate surface area is 176 Å². The number of hydrogen-bond acceptors (Lipinski definition) is 4. The third-order valence-electron chi connectivity index (χ3n) is 4.57. The third kappa shape index (κ3) is 5.03. The first-order valence-corrected chi connectivity index (χ1v) is 9.67. The molecule has 1 atom stereocenters. The topological polar surface area (TPSA) is 64.4 Å². The Morgan fingerprint density at radius 1 is 1.07 bits per heavy atom. The van der Waals surface area contributed by atoms with E-state index in [0.717, 1.165) is 28.1 Å². The van der Waals surface area contributed by atoms with Crippen LogP contribution in [0.3, 0.4) is 0 Å². The molecule has 0 unspecified atom stereocenters. The second kappa shape index (κ2) is 9.22. The Bertz CT molecular complexity index is 1050. The summed E-state index contributed by atoms with van der Waals surface area (Å²) in [6, 6.07) is 17.8. The van der Waals surface area contributed by atoms with E-state index in [0.29, 0.717) is 0 Å². The maximum Gasteiger partial charge on any atom is 0.331 e. The Balaban J connectivity index is 1.89. The molecule has 1 aromatic heterocycles. The molecule has 0 aliphatic heterocycles. The van der Waals surface area contributed by atoms with Crippen LogP contribution in [0.4, 0.5) is 0 Å². The fraction of sp³-hybridized carbons (Fsp3) is 0.208. The minimum absolute atomic E-state index is 0.269. The van der Waals surface area contributed by atoms with Crippen LogP contribution in [0.15, 0.2) is 66.9 Å². The van der Waals surface area contributed by atoms with Gasteiger partial charge in [0.25, 0.3) is 5.91 Å². The third-order valence-corrected chi connectivity index (χ3v) is 4.57. The maximum atomic E-state index is 12.2. The highest BCUT2D eigenvalue weighted by Crippen LogP contribution is 2.25. The fourth-order valence-electron chi connectivity index (χ4n) is 2.94. The summed E-state index contributed by atoms with van der Waals surface area (Å²) in [6.07, 6.45) is 4.00. The Hall–Kier alpha value is -3.67. The molecule has 1 heterocycles. The van der Waals surface area contributed by atoms with Crippen molar-refractivity contribution in [3.8, 4) is 16.9 Å². The molecular formula is C24H25N3O3. The molecule has 154 valence electrons. The van der Waals surface area contributed by atoms with Crippen LogP contribution in [0, 0.1) is 6.92 Å². The van der Waals surface area contributed by atoms with Gasteiger partial charge in [0, 0.05) is 37.5 Å². The Morgan fingerprint density at radius 3 is 2.37 bits per heavy atom. The molecule has 0 saturated carbocycles. The summed E-state index contributed by atoms with van der Waals surface area (Å²) in [5, 5.41) is 4.72. The van der Waals surface area contributed by atoms with Crippen LogP contribution < -0.4 is 0 Å². The predicted molar refractivity (Wildman–Crippen MR) is 117 cm³/mol. The largest absolute Gasteiger partial charge is 0.449 e. The van der Waals surface area contributed by atoms with E-state index in [4.69, 9.17) is 9.84 Å². The van der Waals surface area contributed by atoms with Crippen molar-refractivity contribution in [2.24, 2.45) is 0 Å². The minimum Gasteiger partial charge on any atom is -0.449 e. The van der Waals surface area contributed by atoms with Gasteiger partial charge in [-0.05, 0) is 32.1 Å². The van der Waals surface area contributed by atoms with E-state index in [1.54, 1.807) is 31.8 Å². The van der Waals surface area contributed by atoms with Crippen molar-refractivity contribution in [3.63, 3.8) is 0 Å². The molecule has 0 fully saturated rings. The number of para-hydroxylation sites is 1. The number of hydrogen-bond donors (Lipinski definition) is 0. The number of esters is 1. The second-order valence-electron chi connectivity index (χ2n) is 7.22. The summed E-state index contributed by atoms with van der Waals surface area (Å²) in [6.45, 7) is 3.58. The van der Waals surface area contributed by atoms with Crippen molar-refractivity contribution >= 4 is 18.0 Å². The first kappa shape index (κ1) is 21.0. The van der Waals surface area contributed by atoms with Gasteiger partial charge in [-0.2, -0.15) is 5.10 Å². The molecule has 0 aliphatic rings. The van der Waals surface area contributed by atoms with E-state index < -0.39 is 12.1 Å². The molecule has 0 radical (unpaired) electrons. The standard InChI is InChI=1S/C24H25N3O3/c1-17-10-12-19(13-11-17)23-20(16-27(25-23)21-8-6-5-7-9-21)14-15-22(28)30-18(2)24(29)26(3)4/h5-16,18H,1-4H3/b15-14+/t18-/m0/s1. The van der Waals surface area contributed by atoms with Gasteiger partial charge in [-0.1, -0.05) is 48.0 Å². The van der Waals surface area contributed by atoms with Crippen molar-refractivity contribution in [1.82, 2.24) is 14.7 Å². The van der Waals surface area contributed by atoms with Crippen molar-refractivity contribution in [1.29, 1.82) is 0 Å². The SMILES string of the molecule is Cc1ccc(-c2nn(-c3ccccc3)cc2/C=C/C(=O)O[C@@H](C)C(=O)N(C)C)cc1. The van der Waals surface area contributed by atoms with Crippen LogP contribution in [0.25, 0.3) is 23.0 Å². The van der Waals surface area contributed by atoms with Crippen LogP contribution in [0.1, 0.15) is 18.1 Å². The lowest BCUT2D eigenvalue weighted by Gasteiger charge is -2.16. The Morgan fingerprint density at radius 2 is 1.73 bits per heavy atom. The smallest absolute Gasteiger partial charge is 0.331 e. The summed E-state index contributed by atoms with van der Waals surface area (Å²) in [5.74, 6) is -0.853. The van der Waals surface area contributed by atoms with Gasteiger partial charge >= 0.3 is 5.97 Å². The quantitative estimate of drug-likeness (QED) is 0.463. The lowest BCUT2D eigenvalue weighted by Crippen LogP contribution is -2.34. The van der Waals surface area contributed by atoms with Crippen molar-refractivity contribution in [2.45, 2.75) is 20.0 Å². The number of carbonyl (C=O) groups excluding carboxylic acids is 2. The molecule has 6 heteroatoms. The Kier molecular flexibility index (Phi) is 6.47. The number of benzene rings is 2. The zero-order valence-corrected chi connectivity index (χ0v) is 17.6. The van der Waals surface area contributed by atoms with Gasteiger partial charge in [0.2, 0.25) is 0 Å². The van der Waals surface area contributed by atoms with Crippen LogP contribution in [0.5, 0.6) is 0 Å². The van der Waals surface area contributed by atoms with Gasteiger partial charge in [-0.3, -0.25) is 4.79 Å². The second-order valence-corrected chi connectivity index (χ2v) is 7.22. The molecule has 0 spiro atoms. The monoisotopic (exact) mass is 403 g/mol. The van der Waals surface area contributed by atoms with Crippen LogP contribution in [-0.2, 0) is 14.3 Å². The summed E-state index contributed by atoms with van der Waals surface area (Å²) in [4.78, 5) is 25.5. The summed E-state index contributed by atoms with van der Waals surface area (Å²) < 4.78 is 6.98. The molecule has 0 N–H and O–H groups in total. The number of aromatic nitrogens is 2. The molecule has 30 heavy (non-hydrogen) atoms. The number of aryl methyl sites for hydroxylation is 1. The zero-order chi connectivity index (χ0) is 21.7. The average Bonchev–Trinajstić information content (AvgIpc) is 3.17. The van der Waals surface area contributed by atoms with Gasteiger partial charge in [0.05, 0.1) is 11.4 Å². The highest BCUT2D eigenvalue weighted by Gasteiger charge is 2.18. The lowest BCUT2D eigenvalue weighted by atomic mass is 10.1. The lowest BCUT2D eigenvalue weighted by molar-refractivity contribution is -0.153. The van der Waals surface area contributed by atoms with Gasteiger partial charge in [0.1, 0.15) is 0 Å². The highest BCUT2D eigenvalue weighted by molar-refractivity contribution is 5.91. The number of ether oxygens (including phenoxy) is 1. The minimum atomic E-state index is -0.847. The van der Waals surface area contributed by atoms with Crippen molar-refractivity contribution < 1.29 is 14.3 Å². The molecule has 0 saturated heterocycles. The van der Waals surface area contributed by atoms with Gasteiger partial charge in [0.15, 0.2) is 6.10 Å². The maximum absolute atomic E-state index is 12.2.